The van der Waals surface area contributed by atoms with Crippen LogP contribution < -0.4 is 15.4 Å². The predicted molar refractivity (Wildman–Crippen MR) is 120 cm³/mol. The smallest absolute Gasteiger partial charge is 0.313 e. The molecule has 2 aromatic carbocycles. The molecule has 1 saturated heterocycles. The van der Waals surface area contributed by atoms with E-state index in [1.165, 1.54) is 7.11 Å². The number of benzene rings is 2. The van der Waals surface area contributed by atoms with Crippen molar-refractivity contribution in [1.29, 1.82) is 0 Å². The van der Waals surface area contributed by atoms with Crippen molar-refractivity contribution in [3.8, 4) is 5.75 Å². The van der Waals surface area contributed by atoms with E-state index in [2.05, 4.69) is 10.6 Å². The summed E-state index contributed by atoms with van der Waals surface area (Å²) in [4.78, 5) is 38.6. The summed E-state index contributed by atoms with van der Waals surface area (Å²) in [6.45, 7) is 3.66. The minimum Gasteiger partial charge on any atom is -0.495 e. The van der Waals surface area contributed by atoms with Gasteiger partial charge in [0.25, 0.3) is 0 Å². The number of hydrogen-bond acceptors (Lipinski definition) is 5. The largest absolute Gasteiger partial charge is 0.495 e. The minimum atomic E-state index is -0.779. The molecule has 1 aliphatic heterocycles. The van der Waals surface area contributed by atoms with E-state index in [4.69, 9.17) is 9.47 Å². The van der Waals surface area contributed by atoms with E-state index in [0.717, 1.165) is 11.1 Å². The van der Waals surface area contributed by atoms with Gasteiger partial charge in [0.2, 0.25) is 5.91 Å². The van der Waals surface area contributed by atoms with Crippen molar-refractivity contribution in [2.45, 2.75) is 25.9 Å². The van der Waals surface area contributed by atoms with E-state index >= 15 is 0 Å². The lowest BCUT2D eigenvalue weighted by Crippen LogP contribution is -2.42. The number of morpholine rings is 1. The van der Waals surface area contributed by atoms with Gasteiger partial charge in [-0.2, -0.15) is 0 Å². The molecule has 0 radical (unpaired) electrons. The van der Waals surface area contributed by atoms with Gasteiger partial charge in [0, 0.05) is 19.5 Å². The molecule has 1 fully saturated rings. The monoisotopic (exact) mass is 439 g/mol. The molecule has 1 aliphatic rings. The number of aryl methyl sites for hydroxylation is 1. The molecule has 170 valence electrons. The third-order valence-electron chi connectivity index (χ3n) is 5.25. The van der Waals surface area contributed by atoms with Gasteiger partial charge < -0.3 is 25.0 Å². The molecule has 0 spiro atoms. The number of nitrogens with zero attached hydrogens (tertiary/aromatic N) is 1. The zero-order chi connectivity index (χ0) is 22.9. The zero-order valence-electron chi connectivity index (χ0n) is 18.4. The molecule has 1 unspecified atom stereocenters. The summed E-state index contributed by atoms with van der Waals surface area (Å²) in [6.07, 6.45) is 0.601. The number of methoxy groups -OCH3 is 1. The second-order valence-corrected chi connectivity index (χ2v) is 7.63. The second-order valence-electron chi connectivity index (χ2n) is 7.63. The molecule has 0 aliphatic carbocycles. The van der Waals surface area contributed by atoms with Crippen LogP contribution in [0.2, 0.25) is 0 Å². The van der Waals surface area contributed by atoms with Crippen molar-refractivity contribution in [2.24, 2.45) is 0 Å². The summed E-state index contributed by atoms with van der Waals surface area (Å²) in [7, 11) is 1.49. The highest BCUT2D eigenvalue weighted by atomic mass is 16.5. The van der Waals surface area contributed by atoms with Crippen LogP contribution in [0, 0.1) is 6.92 Å². The fraction of sp³-hybridized carbons (Fsp3) is 0.375. The van der Waals surface area contributed by atoms with Crippen LogP contribution in [0.5, 0.6) is 5.75 Å². The molecular weight excluding hydrogens is 410 g/mol. The number of carbonyl (C=O) groups excluding carboxylic acids is 3. The summed E-state index contributed by atoms with van der Waals surface area (Å²) in [5.74, 6) is -1.05. The standard InChI is InChI=1S/C24H29N3O5/c1-17-10-11-20(31-2)19(15-17)26-24(30)23(29)25-12-6-9-22(28)27-13-14-32-21(16-27)18-7-4-3-5-8-18/h3-5,7-8,10-11,15,21H,6,9,12-14,16H2,1-2H3,(H,25,29)(H,26,30). The van der Waals surface area contributed by atoms with Gasteiger partial charge in [-0.05, 0) is 36.6 Å². The molecule has 1 heterocycles. The normalized spacial score (nSPS) is 15.7. The first-order valence-electron chi connectivity index (χ1n) is 10.7. The van der Waals surface area contributed by atoms with Gasteiger partial charge in [-0.3, -0.25) is 14.4 Å². The van der Waals surface area contributed by atoms with E-state index in [1.54, 1.807) is 17.0 Å². The molecular formula is C24H29N3O5. The van der Waals surface area contributed by atoms with Crippen LogP contribution in [0.3, 0.4) is 0 Å². The SMILES string of the molecule is COc1ccc(C)cc1NC(=O)C(=O)NCCCC(=O)N1CCOC(c2ccccc2)C1. The zero-order valence-corrected chi connectivity index (χ0v) is 18.4. The Kier molecular flexibility index (Phi) is 8.21. The van der Waals surface area contributed by atoms with Gasteiger partial charge in [0.15, 0.2) is 0 Å². The Morgan fingerprint density at radius 3 is 2.66 bits per heavy atom. The Morgan fingerprint density at radius 2 is 1.91 bits per heavy atom. The van der Waals surface area contributed by atoms with Gasteiger partial charge in [-0.15, -0.1) is 0 Å². The highest BCUT2D eigenvalue weighted by Crippen LogP contribution is 2.25. The number of ether oxygens (including phenoxy) is 2. The molecule has 0 saturated carbocycles. The summed E-state index contributed by atoms with van der Waals surface area (Å²) < 4.78 is 11.0. The molecule has 2 aromatic rings. The third-order valence-corrected chi connectivity index (χ3v) is 5.25. The maximum atomic E-state index is 12.6. The lowest BCUT2D eigenvalue weighted by atomic mass is 10.1. The summed E-state index contributed by atoms with van der Waals surface area (Å²) >= 11 is 0. The van der Waals surface area contributed by atoms with E-state index in [0.29, 0.717) is 37.6 Å². The number of carbonyl (C=O) groups is 3. The van der Waals surface area contributed by atoms with E-state index < -0.39 is 11.8 Å². The lowest BCUT2D eigenvalue weighted by molar-refractivity contribution is -0.139. The first kappa shape index (κ1) is 23.3. The number of rotatable bonds is 7. The Hall–Kier alpha value is -3.39. The summed E-state index contributed by atoms with van der Waals surface area (Å²) in [5.41, 5.74) is 2.41. The van der Waals surface area contributed by atoms with Crippen molar-refractivity contribution in [3.05, 3.63) is 59.7 Å². The highest BCUT2D eigenvalue weighted by Gasteiger charge is 2.25. The summed E-state index contributed by atoms with van der Waals surface area (Å²) in [5, 5.41) is 5.12. The number of hydrogen-bond donors (Lipinski definition) is 2. The first-order valence-corrected chi connectivity index (χ1v) is 10.7. The Balaban J connectivity index is 1.40. The third kappa shape index (κ3) is 6.31. The van der Waals surface area contributed by atoms with Crippen molar-refractivity contribution in [1.82, 2.24) is 10.2 Å². The van der Waals surface area contributed by atoms with Crippen LogP contribution in [0.25, 0.3) is 0 Å². The molecule has 0 bridgehead atoms. The van der Waals surface area contributed by atoms with Gasteiger partial charge in [-0.1, -0.05) is 36.4 Å². The van der Waals surface area contributed by atoms with Gasteiger partial charge in [0.1, 0.15) is 11.9 Å². The van der Waals surface area contributed by atoms with E-state index in [1.807, 2.05) is 43.3 Å². The Morgan fingerprint density at radius 1 is 1.12 bits per heavy atom. The first-order chi connectivity index (χ1) is 15.5. The fourth-order valence-corrected chi connectivity index (χ4v) is 3.52. The van der Waals surface area contributed by atoms with Crippen LogP contribution in [-0.4, -0.2) is 56.0 Å². The molecule has 8 nitrogen and oxygen atoms in total. The quantitative estimate of drug-likeness (QED) is 0.510. The van der Waals surface area contributed by atoms with Crippen molar-refractivity contribution in [3.63, 3.8) is 0 Å². The maximum absolute atomic E-state index is 12.6. The fourth-order valence-electron chi connectivity index (χ4n) is 3.52. The van der Waals surface area contributed by atoms with Crippen LogP contribution in [0.4, 0.5) is 5.69 Å². The molecule has 8 heteroatoms. The molecule has 0 aromatic heterocycles. The average molecular weight is 440 g/mol. The number of nitrogens with one attached hydrogen (secondary N) is 2. The van der Waals surface area contributed by atoms with Crippen LogP contribution in [-0.2, 0) is 19.1 Å². The van der Waals surface area contributed by atoms with Crippen LogP contribution in [0.1, 0.15) is 30.1 Å². The van der Waals surface area contributed by atoms with E-state index in [9.17, 15) is 14.4 Å². The van der Waals surface area contributed by atoms with E-state index in [-0.39, 0.29) is 25.0 Å². The predicted octanol–water partition coefficient (Wildman–Crippen LogP) is 2.44. The van der Waals surface area contributed by atoms with Crippen molar-refractivity contribution >= 4 is 23.4 Å². The minimum absolute atomic E-state index is 0.0115. The molecule has 1 atom stereocenters. The van der Waals surface area contributed by atoms with Crippen LogP contribution in [0.15, 0.2) is 48.5 Å². The van der Waals surface area contributed by atoms with Gasteiger partial charge >= 0.3 is 11.8 Å². The molecule has 3 rings (SSSR count). The number of amides is 3. The van der Waals surface area contributed by atoms with Gasteiger partial charge in [-0.25, -0.2) is 0 Å². The molecule has 2 N–H and O–H groups in total. The second kappa shape index (κ2) is 11.3. The topological polar surface area (TPSA) is 97.0 Å². The van der Waals surface area contributed by atoms with Crippen molar-refractivity contribution in [2.75, 3.05) is 38.7 Å². The average Bonchev–Trinajstić information content (AvgIpc) is 2.82. The molecule has 32 heavy (non-hydrogen) atoms. The highest BCUT2D eigenvalue weighted by molar-refractivity contribution is 6.39. The molecule has 3 amide bonds. The lowest BCUT2D eigenvalue weighted by Gasteiger charge is -2.33. The maximum Gasteiger partial charge on any atom is 0.313 e. The Bertz CT molecular complexity index is 948. The Labute approximate surface area is 187 Å². The summed E-state index contributed by atoms with van der Waals surface area (Å²) in [6, 6.07) is 15.1. The van der Waals surface area contributed by atoms with Gasteiger partial charge in [0.05, 0.1) is 25.9 Å². The number of anilines is 1. The van der Waals surface area contributed by atoms with Crippen molar-refractivity contribution < 1.29 is 23.9 Å². The van der Waals surface area contributed by atoms with Crippen LogP contribution >= 0.6 is 0 Å².